The number of hydrogen-bond donors (Lipinski definition) is 2. The van der Waals surface area contributed by atoms with Crippen molar-refractivity contribution in [2.24, 2.45) is 5.92 Å². The van der Waals surface area contributed by atoms with Crippen LogP contribution in [-0.2, 0) is 4.79 Å². The summed E-state index contributed by atoms with van der Waals surface area (Å²) in [5.41, 5.74) is -0.145. The van der Waals surface area contributed by atoms with E-state index < -0.39 is 11.9 Å². The molecule has 2 heterocycles. The Bertz CT molecular complexity index is 508. The smallest absolute Gasteiger partial charge is 0.308 e. The molecule has 1 amide bonds. The van der Waals surface area contributed by atoms with Crippen LogP contribution < -0.4 is 5.56 Å². The number of aliphatic carboxylic acids is 1. The molecule has 1 aliphatic rings. The van der Waals surface area contributed by atoms with Crippen LogP contribution in [0.1, 0.15) is 16.9 Å². The molecule has 1 aromatic heterocycles. The number of nitrogens with zero attached hydrogens (tertiary/aromatic N) is 1. The van der Waals surface area contributed by atoms with Crippen molar-refractivity contribution in [1.82, 2.24) is 9.88 Å². The zero-order chi connectivity index (χ0) is 12.4. The fourth-order valence-electron chi connectivity index (χ4n) is 1.89. The normalized spacial score (nSPS) is 19.3. The highest BCUT2D eigenvalue weighted by Crippen LogP contribution is 2.17. The van der Waals surface area contributed by atoms with Gasteiger partial charge in [-0.2, -0.15) is 0 Å². The fraction of sp³-hybridized carbons (Fsp3) is 0.364. The van der Waals surface area contributed by atoms with Crippen molar-refractivity contribution in [1.29, 1.82) is 0 Å². The van der Waals surface area contributed by atoms with E-state index in [-0.39, 0.29) is 23.7 Å². The summed E-state index contributed by atoms with van der Waals surface area (Å²) < 4.78 is 0. The molecule has 2 rings (SSSR count). The summed E-state index contributed by atoms with van der Waals surface area (Å²) in [6.45, 7) is 0.609. The standard InChI is InChI=1S/C11H12N2O4/c14-9-3-1-2-8(12-9)10(15)13-5-4-7(6-13)11(16)17/h1-3,7H,4-6H2,(H,12,14)(H,16,17). The summed E-state index contributed by atoms with van der Waals surface area (Å²) >= 11 is 0. The highest BCUT2D eigenvalue weighted by molar-refractivity contribution is 5.92. The summed E-state index contributed by atoms with van der Waals surface area (Å²) in [6.07, 6.45) is 0.456. The Morgan fingerprint density at radius 3 is 2.76 bits per heavy atom. The van der Waals surface area contributed by atoms with Gasteiger partial charge in [-0.25, -0.2) is 0 Å². The largest absolute Gasteiger partial charge is 0.481 e. The number of aromatic nitrogens is 1. The second-order valence-corrected chi connectivity index (χ2v) is 4.00. The first-order valence-electron chi connectivity index (χ1n) is 5.29. The molecule has 1 aromatic rings. The number of likely N-dealkylation sites (tertiary alicyclic amines) is 1. The summed E-state index contributed by atoms with van der Waals surface area (Å²) in [6, 6.07) is 4.33. The molecular weight excluding hydrogens is 224 g/mol. The van der Waals surface area contributed by atoms with Crippen molar-refractivity contribution in [3.8, 4) is 0 Å². The lowest BCUT2D eigenvalue weighted by Crippen LogP contribution is -2.31. The number of carbonyl (C=O) groups is 2. The number of aromatic amines is 1. The van der Waals surface area contributed by atoms with Crippen molar-refractivity contribution in [3.05, 3.63) is 34.2 Å². The van der Waals surface area contributed by atoms with E-state index in [0.29, 0.717) is 13.0 Å². The highest BCUT2D eigenvalue weighted by atomic mass is 16.4. The van der Waals surface area contributed by atoms with Crippen LogP contribution in [0.5, 0.6) is 0 Å². The third kappa shape index (κ3) is 2.35. The van der Waals surface area contributed by atoms with Gasteiger partial charge in [0.15, 0.2) is 0 Å². The van der Waals surface area contributed by atoms with Crippen molar-refractivity contribution < 1.29 is 14.7 Å². The van der Waals surface area contributed by atoms with Crippen molar-refractivity contribution in [2.75, 3.05) is 13.1 Å². The number of H-pyrrole nitrogens is 1. The maximum Gasteiger partial charge on any atom is 0.308 e. The Kier molecular flexibility index (Phi) is 2.95. The molecule has 0 spiro atoms. The quantitative estimate of drug-likeness (QED) is 0.751. The number of carboxylic acid groups (broad SMARTS) is 1. The van der Waals surface area contributed by atoms with Gasteiger partial charge >= 0.3 is 5.97 Å². The first-order chi connectivity index (χ1) is 8.08. The maximum absolute atomic E-state index is 11.9. The average molecular weight is 236 g/mol. The van der Waals surface area contributed by atoms with E-state index in [1.165, 1.54) is 23.1 Å². The van der Waals surface area contributed by atoms with Crippen LogP contribution in [0.2, 0.25) is 0 Å². The van der Waals surface area contributed by atoms with E-state index in [9.17, 15) is 14.4 Å². The first-order valence-corrected chi connectivity index (χ1v) is 5.29. The van der Waals surface area contributed by atoms with Crippen LogP contribution in [0.4, 0.5) is 0 Å². The fourth-order valence-corrected chi connectivity index (χ4v) is 1.89. The molecule has 0 radical (unpaired) electrons. The first kappa shape index (κ1) is 11.4. The number of nitrogens with one attached hydrogen (secondary N) is 1. The minimum atomic E-state index is -0.887. The number of carbonyl (C=O) groups excluding carboxylic acids is 1. The molecule has 1 fully saturated rings. The molecule has 90 valence electrons. The summed E-state index contributed by atoms with van der Waals surface area (Å²) in [4.78, 5) is 37.6. The van der Waals surface area contributed by atoms with Gasteiger partial charge in [0, 0.05) is 19.2 Å². The number of carboxylic acids is 1. The lowest BCUT2D eigenvalue weighted by molar-refractivity contribution is -0.141. The minimum Gasteiger partial charge on any atom is -0.481 e. The SMILES string of the molecule is O=C(O)C1CCN(C(=O)c2cccc(=O)[nH]2)C1. The van der Waals surface area contributed by atoms with Gasteiger partial charge in [-0.3, -0.25) is 14.4 Å². The van der Waals surface area contributed by atoms with E-state index in [1.54, 1.807) is 0 Å². The minimum absolute atomic E-state index is 0.198. The van der Waals surface area contributed by atoms with Gasteiger partial charge in [0.25, 0.3) is 5.91 Å². The van der Waals surface area contributed by atoms with Crippen molar-refractivity contribution in [2.45, 2.75) is 6.42 Å². The lowest BCUT2D eigenvalue weighted by Gasteiger charge is -2.15. The van der Waals surface area contributed by atoms with Crippen LogP contribution in [-0.4, -0.2) is 40.0 Å². The third-order valence-electron chi connectivity index (χ3n) is 2.82. The van der Waals surface area contributed by atoms with Gasteiger partial charge in [0.2, 0.25) is 5.56 Å². The van der Waals surface area contributed by atoms with Gasteiger partial charge in [-0.05, 0) is 12.5 Å². The molecule has 2 N–H and O–H groups in total. The van der Waals surface area contributed by atoms with Crippen LogP contribution in [0.15, 0.2) is 23.0 Å². The van der Waals surface area contributed by atoms with Crippen molar-refractivity contribution in [3.63, 3.8) is 0 Å². The molecular formula is C11H12N2O4. The summed E-state index contributed by atoms with van der Waals surface area (Å²) in [5, 5.41) is 8.83. The zero-order valence-corrected chi connectivity index (χ0v) is 9.05. The van der Waals surface area contributed by atoms with Crippen LogP contribution in [0, 0.1) is 5.92 Å². The maximum atomic E-state index is 11.9. The molecule has 6 nitrogen and oxygen atoms in total. The van der Waals surface area contributed by atoms with E-state index in [4.69, 9.17) is 5.11 Å². The van der Waals surface area contributed by atoms with Crippen LogP contribution in [0.25, 0.3) is 0 Å². The van der Waals surface area contributed by atoms with Crippen LogP contribution >= 0.6 is 0 Å². The Morgan fingerprint density at radius 1 is 1.41 bits per heavy atom. The summed E-state index contributed by atoms with van der Waals surface area (Å²) in [5.74, 6) is -1.72. The molecule has 17 heavy (non-hydrogen) atoms. The van der Waals surface area contributed by atoms with Crippen molar-refractivity contribution >= 4 is 11.9 Å². The second-order valence-electron chi connectivity index (χ2n) is 4.00. The number of rotatable bonds is 2. The number of hydrogen-bond acceptors (Lipinski definition) is 3. The molecule has 0 aliphatic carbocycles. The van der Waals surface area contributed by atoms with E-state index in [1.807, 2.05) is 0 Å². The molecule has 1 aliphatic heterocycles. The molecule has 1 saturated heterocycles. The topological polar surface area (TPSA) is 90.5 Å². The molecule has 0 saturated carbocycles. The Hall–Kier alpha value is -2.11. The Morgan fingerprint density at radius 2 is 2.18 bits per heavy atom. The summed E-state index contributed by atoms with van der Waals surface area (Å²) in [7, 11) is 0. The van der Waals surface area contributed by atoms with E-state index >= 15 is 0 Å². The van der Waals surface area contributed by atoms with Gasteiger partial charge in [0.1, 0.15) is 5.69 Å². The third-order valence-corrected chi connectivity index (χ3v) is 2.82. The van der Waals surface area contributed by atoms with Gasteiger partial charge in [0.05, 0.1) is 5.92 Å². The lowest BCUT2D eigenvalue weighted by atomic mass is 10.1. The van der Waals surface area contributed by atoms with E-state index in [2.05, 4.69) is 4.98 Å². The van der Waals surface area contributed by atoms with Gasteiger partial charge in [-0.15, -0.1) is 0 Å². The zero-order valence-electron chi connectivity index (χ0n) is 9.05. The van der Waals surface area contributed by atoms with Gasteiger partial charge in [-0.1, -0.05) is 6.07 Å². The Labute approximate surface area is 96.9 Å². The predicted molar refractivity (Wildman–Crippen MR) is 58.7 cm³/mol. The second kappa shape index (κ2) is 4.40. The van der Waals surface area contributed by atoms with Crippen LogP contribution in [0.3, 0.4) is 0 Å². The number of pyridine rings is 1. The van der Waals surface area contributed by atoms with E-state index in [0.717, 1.165) is 0 Å². The predicted octanol–water partition coefficient (Wildman–Crippen LogP) is -0.0784. The molecule has 1 atom stereocenters. The number of amides is 1. The molecule has 0 bridgehead atoms. The molecule has 1 unspecified atom stereocenters. The Balaban J connectivity index is 2.12. The highest BCUT2D eigenvalue weighted by Gasteiger charge is 2.31. The molecule has 6 heteroatoms. The van der Waals surface area contributed by atoms with Gasteiger partial charge < -0.3 is 15.0 Å². The average Bonchev–Trinajstić information content (AvgIpc) is 2.77. The monoisotopic (exact) mass is 236 g/mol. The molecule has 0 aromatic carbocycles.